The van der Waals surface area contributed by atoms with Gasteiger partial charge < -0.3 is 9.84 Å². The van der Waals surface area contributed by atoms with E-state index >= 15 is 0 Å². The molecule has 33 heavy (non-hydrogen) atoms. The Morgan fingerprint density at radius 1 is 0.970 bits per heavy atom. The lowest BCUT2D eigenvalue weighted by Crippen LogP contribution is -2.01. The molecule has 6 aromatic rings. The highest BCUT2D eigenvalue weighted by atomic mass is 16.5. The summed E-state index contributed by atoms with van der Waals surface area (Å²) >= 11 is 0. The number of fused-ring (bicyclic) bond motifs is 2. The molecule has 0 bridgehead atoms. The van der Waals surface area contributed by atoms with E-state index in [0.29, 0.717) is 17.5 Å². The van der Waals surface area contributed by atoms with Crippen LogP contribution in [0.25, 0.3) is 33.3 Å². The van der Waals surface area contributed by atoms with Gasteiger partial charge >= 0.3 is 0 Å². The maximum absolute atomic E-state index is 5.32. The van der Waals surface area contributed by atoms with Crippen molar-refractivity contribution in [2.75, 3.05) is 5.32 Å². The molecule has 8 heteroatoms. The fraction of sp³-hybridized carbons (Fsp3) is 0.0800. The lowest BCUT2D eigenvalue weighted by atomic mass is 10.1. The van der Waals surface area contributed by atoms with Gasteiger partial charge in [-0.2, -0.15) is 10.1 Å². The van der Waals surface area contributed by atoms with Crippen molar-refractivity contribution in [1.82, 2.24) is 29.9 Å². The number of hydrogen-bond donors (Lipinski definition) is 1. The van der Waals surface area contributed by atoms with Crippen LogP contribution in [0.2, 0.25) is 0 Å². The molecule has 0 radical (unpaired) electrons. The van der Waals surface area contributed by atoms with Crippen LogP contribution in [0, 0.1) is 6.92 Å². The molecule has 8 nitrogen and oxygen atoms in total. The second-order valence-corrected chi connectivity index (χ2v) is 7.79. The van der Waals surface area contributed by atoms with Gasteiger partial charge in [-0.25, -0.2) is 9.97 Å². The third-order valence-electron chi connectivity index (χ3n) is 5.49. The predicted octanol–water partition coefficient (Wildman–Crippen LogP) is 5.13. The summed E-state index contributed by atoms with van der Waals surface area (Å²) in [4.78, 5) is 13.2. The number of benzene rings is 3. The predicted molar refractivity (Wildman–Crippen MR) is 126 cm³/mol. The Labute approximate surface area is 188 Å². The summed E-state index contributed by atoms with van der Waals surface area (Å²) in [6.45, 7) is 2.52. The second-order valence-electron chi connectivity index (χ2n) is 7.79. The average Bonchev–Trinajstić information content (AvgIpc) is 3.46. The van der Waals surface area contributed by atoms with E-state index in [4.69, 9.17) is 4.52 Å². The molecule has 0 atom stereocenters. The van der Waals surface area contributed by atoms with Crippen molar-refractivity contribution < 1.29 is 4.52 Å². The zero-order valence-electron chi connectivity index (χ0n) is 17.8. The van der Waals surface area contributed by atoms with Crippen LogP contribution in [0.1, 0.15) is 11.4 Å². The maximum atomic E-state index is 5.32. The first kappa shape index (κ1) is 19.1. The summed E-state index contributed by atoms with van der Waals surface area (Å²) in [5.41, 5.74) is 4.85. The molecule has 0 spiro atoms. The maximum Gasteiger partial charge on any atom is 0.257 e. The molecule has 0 aliphatic carbocycles. The summed E-state index contributed by atoms with van der Waals surface area (Å²) in [5, 5.41) is 13.8. The fourth-order valence-corrected chi connectivity index (χ4v) is 3.89. The lowest BCUT2D eigenvalue weighted by Gasteiger charge is -2.10. The first-order valence-corrected chi connectivity index (χ1v) is 10.5. The van der Waals surface area contributed by atoms with Crippen LogP contribution >= 0.6 is 0 Å². The summed E-state index contributed by atoms with van der Waals surface area (Å²) < 4.78 is 7.33. The first-order valence-electron chi connectivity index (χ1n) is 10.5. The monoisotopic (exact) mass is 433 g/mol. The SMILES string of the molecule is Cc1noc(-c2ccc3ncnc(Nc4ccc5c(cnn5Cc5ccccc5)c4)c3c2)n1. The first-order chi connectivity index (χ1) is 16.2. The molecule has 3 aromatic carbocycles. The lowest BCUT2D eigenvalue weighted by molar-refractivity contribution is 0.425. The van der Waals surface area contributed by atoms with E-state index in [1.807, 2.05) is 53.3 Å². The van der Waals surface area contributed by atoms with Crippen LogP contribution in [0.3, 0.4) is 0 Å². The normalized spacial score (nSPS) is 11.3. The number of nitrogens with one attached hydrogen (secondary N) is 1. The number of aromatic nitrogens is 6. The van der Waals surface area contributed by atoms with Crippen molar-refractivity contribution in [2.45, 2.75) is 13.5 Å². The van der Waals surface area contributed by atoms with Gasteiger partial charge in [-0.15, -0.1) is 0 Å². The van der Waals surface area contributed by atoms with Gasteiger partial charge in [0.2, 0.25) is 0 Å². The van der Waals surface area contributed by atoms with Crippen LogP contribution in [0.4, 0.5) is 11.5 Å². The molecule has 0 amide bonds. The van der Waals surface area contributed by atoms with Crippen molar-refractivity contribution in [3.8, 4) is 11.5 Å². The largest absolute Gasteiger partial charge is 0.340 e. The molecule has 0 aliphatic heterocycles. The Balaban J connectivity index is 1.33. The van der Waals surface area contributed by atoms with Gasteiger partial charge in [0.05, 0.1) is 23.8 Å². The summed E-state index contributed by atoms with van der Waals surface area (Å²) in [6, 6.07) is 22.3. The molecule has 3 aromatic heterocycles. The van der Waals surface area contributed by atoms with Gasteiger partial charge in [-0.05, 0) is 48.9 Å². The zero-order valence-corrected chi connectivity index (χ0v) is 17.8. The molecule has 0 fully saturated rings. The minimum atomic E-state index is 0.469. The molecule has 0 unspecified atom stereocenters. The third-order valence-corrected chi connectivity index (χ3v) is 5.49. The van der Waals surface area contributed by atoms with Gasteiger partial charge in [0.25, 0.3) is 5.89 Å². The molecule has 0 aliphatic rings. The van der Waals surface area contributed by atoms with E-state index in [-0.39, 0.29) is 0 Å². The van der Waals surface area contributed by atoms with E-state index < -0.39 is 0 Å². The van der Waals surface area contributed by atoms with E-state index in [2.05, 4.69) is 54.8 Å². The Hall–Kier alpha value is -4.59. The highest BCUT2D eigenvalue weighted by molar-refractivity contribution is 5.94. The summed E-state index contributed by atoms with van der Waals surface area (Å²) in [7, 11) is 0. The highest BCUT2D eigenvalue weighted by Crippen LogP contribution is 2.29. The minimum Gasteiger partial charge on any atom is -0.340 e. The average molecular weight is 433 g/mol. The van der Waals surface area contributed by atoms with Crippen LogP contribution in [0.5, 0.6) is 0 Å². The number of aryl methyl sites for hydroxylation is 1. The van der Waals surface area contributed by atoms with Crippen LogP contribution in [0.15, 0.2) is 83.8 Å². The quantitative estimate of drug-likeness (QED) is 0.403. The van der Waals surface area contributed by atoms with Gasteiger partial charge in [0.1, 0.15) is 12.1 Å². The molecule has 6 rings (SSSR count). The smallest absolute Gasteiger partial charge is 0.257 e. The highest BCUT2D eigenvalue weighted by Gasteiger charge is 2.11. The van der Waals surface area contributed by atoms with E-state index in [9.17, 15) is 0 Å². The Bertz CT molecular complexity index is 1590. The summed E-state index contributed by atoms with van der Waals surface area (Å²) in [5.74, 6) is 1.76. The van der Waals surface area contributed by atoms with Gasteiger partial charge in [-0.3, -0.25) is 4.68 Å². The number of nitrogens with zero attached hydrogens (tertiary/aromatic N) is 6. The minimum absolute atomic E-state index is 0.469. The number of hydrogen-bond acceptors (Lipinski definition) is 7. The number of rotatable bonds is 5. The van der Waals surface area contributed by atoms with E-state index in [1.54, 1.807) is 13.3 Å². The van der Waals surface area contributed by atoms with Crippen molar-refractivity contribution in [2.24, 2.45) is 0 Å². The Morgan fingerprint density at radius 3 is 2.73 bits per heavy atom. The van der Waals surface area contributed by atoms with Gasteiger partial charge in [-0.1, -0.05) is 35.5 Å². The van der Waals surface area contributed by atoms with Crippen molar-refractivity contribution >= 4 is 33.3 Å². The van der Waals surface area contributed by atoms with Crippen LogP contribution < -0.4 is 5.32 Å². The fourth-order valence-electron chi connectivity index (χ4n) is 3.89. The molecule has 1 N–H and O–H groups in total. The van der Waals surface area contributed by atoms with E-state index in [0.717, 1.165) is 39.6 Å². The molecule has 3 heterocycles. The third kappa shape index (κ3) is 3.67. The Morgan fingerprint density at radius 2 is 1.88 bits per heavy atom. The van der Waals surface area contributed by atoms with E-state index in [1.165, 1.54) is 5.56 Å². The van der Waals surface area contributed by atoms with Crippen molar-refractivity contribution in [3.63, 3.8) is 0 Å². The molecule has 0 saturated carbocycles. The van der Waals surface area contributed by atoms with Crippen LogP contribution in [-0.2, 0) is 6.54 Å². The van der Waals surface area contributed by atoms with Gasteiger partial charge in [0, 0.05) is 22.0 Å². The zero-order chi connectivity index (χ0) is 22.2. The molecule has 160 valence electrons. The van der Waals surface area contributed by atoms with Crippen LogP contribution in [-0.4, -0.2) is 29.9 Å². The topological polar surface area (TPSA) is 94.5 Å². The molecule has 0 saturated heterocycles. The standard InChI is InChI=1S/C25H19N7O/c1-16-29-25(33-31-16)18-7-9-22-21(12-18)24(27-15-26-22)30-20-8-10-23-19(11-20)13-28-32(23)14-17-5-3-2-4-6-17/h2-13,15H,14H2,1H3,(H,26,27,30). The van der Waals surface area contributed by atoms with Crippen molar-refractivity contribution in [3.05, 3.63) is 90.6 Å². The van der Waals surface area contributed by atoms with Crippen molar-refractivity contribution in [1.29, 1.82) is 0 Å². The second kappa shape index (κ2) is 7.83. The summed E-state index contributed by atoms with van der Waals surface area (Å²) in [6.07, 6.45) is 3.44. The Kier molecular flexibility index (Phi) is 4.54. The molecular formula is C25H19N7O. The number of anilines is 2. The van der Waals surface area contributed by atoms with Gasteiger partial charge in [0.15, 0.2) is 5.82 Å². The molecular weight excluding hydrogens is 414 g/mol.